The fourth-order valence-corrected chi connectivity index (χ4v) is 6.03. The predicted molar refractivity (Wildman–Crippen MR) is 103 cm³/mol. The van der Waals surface area contributed by atoms with E-state index >= 15 is 0 Å². The van der Waals surface area contributed by atoms with E-state index in [9.17, 15) is 8.42 Å². The van der Waals surface area contributed by atoms with E-state index in [1.54, 1.807) is 6.07 Å². The van der Waals surface area contributed by atoms with Gasteiger partial charge in [-0.05, 0) is 43.7 Å². The van der Waals surface area contributed by atoms with Crippen LogP contribution >= 0.6 is 22.9 Å². The smallest absolute Gasteiger partial charge is 0.250 e. The number of nitrogens with one attached hydrogen (secondary N) is 2. The Balaban J connectivity index is 1.53. The van der Waals surface area contributed by atoms with Gasteiger partial charge in [0.15, 0.2) is 5.96 Å². The second-order valence-electron chi connectivity index (χ2n) is 6.72. The van der Waals surface area contributed by atoms with Crippen LogP contribution in [0.2, 0.25) is 4.34 Å². The van der Waals surface area contributed by atoms with Crippen LogP contribution in [0, 0.1) is 5.41 Å². The Hall–Kier alpha value is -0.830. The van der Waals surface area contributed by atoms with E-state index in [0.717, 1.165) is 36.9 Å². The predicted octanol–water partition coefficient (Wildman–Crippen LogP) is 2.52. The van der Waals surface area contributed by atoms with Crippen LogP contribution < -0.4 is 10.0 Å². The van der Waals surface area contributed by atoms with E-state index in [4.69, 9.17) is 11.6 Å². The number of aliphatic imine (C=N–C) groups is 1. The number of sulfonamides is 1. The lowest BCUT2D eigenvalue weighted by molar-refractivity contribution is 0.151. The molecule has 1 saturated heterocycles. The number of thiophene rings is 1. The Labute approximate surface area is 158 Å². The third kappa shape index (κ3) is 4.48. The fraction of sp³-hybridized carbons (Fsp3) is 0.688. The molecule has 1 aliphatic carbocycles. The van der Waals surface area contributed by atoms with Crippen LogP contribution in [0.3, 0.4) is 0 Å². The number of hydrogen-bond donors (Lipinski definition) is 2. The van der Waals surface area contributed by atoms with Crippen molar-refractivity contribution in [2.24, 2.45) is 10.4 Å². The summed E-state index contributed by atoms with van der Waals surface area (Å²) < 4.78 is 27.6. The summed E-state index contributed by atoms with van der Waals surface area (Å²) in [5.41, 5.74) is 0.510. The van der Waals surface area contributed by atoms with E-state index < -0.39 is 10.0 Å². The monoisotopic (exact) mass is 404 g/mol. The molecule has 2 N–H and O–H groups in total. The van der Waals surface area contributed by atoms with Gasteiger partial charge in [0.2, 0.25) is 10.0 Å². The Morgan fingerprint density at radius 1 is 1.40 bits per heavy atom. The molecule has 3 rings (SSSR count). The largest absolute Gasteiger partial charge is 0.357 e. The molecule has 140 valence electrons. The van der Waals surface area contributed by atoms with Gasteiger partial charge < -0.3 is 10.2 Å². The van der Waals surface area contributed by atoms with Gasteiger partial charge in [-0.1, -0.05) is 18.0 Å². The van der Waals surface area contributed by atoms with Gasteiger partial charge in [-0.15, -0.1) is 11.3 Å². The lowest BCUT2D eigenvalue weighted by atomic mass is 9.68. The highest BCUT2D eigenvalue weighted by Crippen LogP contribution is 2.47. The topological polar surface area (TPSA) is 73.8 Å². The molecular weight excluding hydrogens is 380 g/mol. The third-order valence-corrected chi connectivity index (χ3v) is 8.15. The van der Waals surface area contributed by atoms with Crippen molar-refractivity contribution in [2.45, 2.75) is 36.8 Å². The number of hydrogen-bond acceptors (Lipinski definition) is 4. The zero-order valence-electron chi connectivity index (χ0n) is 14.4. The number of halogens is 1. The quantitative estimate of drug-likeness (QED) is 0.434. The van der Waals surface area contributed by atoms with Crippen LogP contribution in [-0.2, 0) is 10.0 Å². The molecule has 2 fully saturated rings. The number of rotatable bonds is 6. The maximum atomic E-state index is 12.2. The second kappa shape index (κ2) is 7.82. The number of nitrogens with zero attached hydrogens (tertiary/aromatic N) is 2. The Morgan fingerprint density at radius 2 is 2.20 bits per heavy atom. The first-order valence-electron chi connectivity index (χ1n) is 8.72. The first-order valence-corrected chi connectivity index (χ1v) is 11.4. The summed E-state index contributed by atoms with van der Waals surface area (Å²) in [6.07, 6.45) is 5.23. The molecular formula is C16H25ClN4O2S2. The molecule has 0 bridgehead atoms. The Kier molecular flexibility index (Phi) is 5.92. The Morgan fingerprint density at radius 3 is 2.76 bits per heavy atom. The van der Waals surface area contributed by atoms with Gasteiger partial charge in [0, 0.05) is 26.2 Å². The lowest BCUT2D eigenvalue weighted by Gasteiger charge is -2.38. The van der Waals surface area contributed by atoms with E-state index in [2.05, 4.69) is 19.9 Å². The van der Waals surface area contributed by atoms with Crippen molar-refractivity contribution < 1.29 is 8.42 Å². The Bertz CT molecular complexity index is 728. The summed E-state index contributed by atoms with van der Waals surface area (Å²) in [6.45, 7) is 5.63. The molecule has 0 unspecified atom stereocenters. The molecule has 1 saturated carbocycles. The first-order chi connectivity index (χ1) is 11.9. The molecule has 1 aromatic rings. The van der Waals surface area contributed by atoms with Crippen LogP contribution in [-0.4, -0.2) is 52.0 Å². The molecule has 1 aliphatic heterocycles. The zero-order valence-corrected chi connectivity index (χ0v) is 16.8. The minimum Gasteiger partial charge on any atom is -0.357 e. The van der Waals surface area contributed by atoms with E-state index in [1.807, 2.05) is 6.92 Å². The van der Waals surface area contributed by atoms with Crippen LogP contribution in [0.5, 0.6) is 0 Å². The van der Waals surface area contributed by atoms with Crippen molar-refractivity contribution in [1.29, 1.82) is 0 Å². The van der Waals surface area contributed by atoms with Crippen molar-refractivity contribution >= 4 is 38.9 Å². The molecule has 6 nitrogen and oxygen atoms in total. The summed E-state index contributed by atoms with van der Waals surface area (Å²) in [4.78, 5) is 6.92. The first kappa shape index (κ1) is 18.9. The van der Waals surface area contributed by atoms with Gasteiger partial charge in [0.05, 0.1) is 10.9 Å². The SMILES string of the molecule is CCNC(=NCCNS(=O)(=O)c1ccc(Cl)s1)N1CCC2(CCC2)C1. The van der Waals surface area contributed by atoms with Gasteiger partial charge in [-0.2, -0.15) is 0 Å². The van der Waals surface area contributed by atoms with Gasteiger partial charge >= 0.3 is 0 Å². The maximum absolute atomic E-state index is 12.2. The van der Waals surface area contributed by atoms with E-state index in [1.165, 1.54) is 31.7 Å². The molecule has 2 heterocycles. The summed E-state index contributed by atoms with van der Waals surface area (Å²) >= 11 is 6.86. The van der Waals surface area contributed by atoms with Crippen LogP contribution in [0.4, 0.5) is 0 Å². The molecule has 0 radical (unpaired) electrons. The van der Waals surface area contributed by atoms with E-state index in [-0.39, 0.29) is 10.8 Å². The van der Waals surface area contributed by atoms with Crippen molar-refractivity contribution in [1.82, 2.24) is 14.9 Å². The molecule has 0 atom stereocenters. The van der Waals surface area contributed by atoms with Gasteiger partial charge in [0.25, 0.3) is 0 Å². The highest BCUT2D eigenvalue weighted by molar-refractivity contribution is 7.91. The van der Waals surface area contributed by atoms with Crippen molar-refractivity contribution in [3.8, 4) is 0 Å². The fourth-order valence-electron chi connectivity index (χ4n) is 3.48. The van der Waals surface area contributed by atoms with Crippen LogP contribution in [0.25, 0.3) is 0 Å². The molecule has 1 aromatic heterocycles. The number of likely N-dealkylation sites (tertiary alicyclic amines) is 1. The highest BCUT2D eigenvalue weighted by atomic mass is 35.5. The van der Waals surface area contributed by atoms with Gasteiger partial charge in [-0.3, -0.25) is 4.99 Å². The minimum absolute atomic E-state index is 0.236. The average molecular weight is 405 g/mol. The lowest BCUT2D eigenvalue weighted by Crippen LogP contribution is -2.43. The molecule has 25 heavy (non-hydrogen) atoms. The zero-order chi connectivity index (χ0) is 17.9. The molecule has 0 amide bonds. The average Bonchev–Trinajstić information content (AvgIpc) is 3.17. The third-order valence-electron chi connectivity index (χ3n) is 4.97. The summed E-state index contributed by atoms with van der Waals surface area (Å²) in [5, 5.41) is 3.33. The molecule has 1 spiro atoms. The maximum Gasteiger partial charge on any atom is 0.250 e. The number of guanidine groups is 1. The minimum atomic E-state index is -3.50. The van der Waals surface area contributed by atoms with Gasteiger partial charge in [-0.25, -0.2) is 13.1 Å². The van der Waals surface area contributed by atoms with Crippen molar-refractivity contribution in [2.75, 3.05) is 32.7 Å². The molecule has 0 aromatic carbocycles. The van der Waals surface area contributed by atoms with Gasteiger partial charge in [0.1, 0.15) is 4.21 Å². The van der Waals surface area contributed by atoms with Crippen molar-refractivity contribution in [3.63, 3.8) is 0 Å². The summed E-state index contributed by atoms with van der Waals surface area (Å²) in [5.74, 6) is 0.893. The van der Waals surface area contributed by atoms with Crippen LogP contribution in [0.15, 0.2) is 21.3 Å². The standard InChI is InChI=1S/C16H25ClN4O2S2/c1-2-18-15(21-11-8-16(12-21)6-3-7-16)19-9-10-20-25(22,23)14-5-4-13(17)24-14/h4-5,20H,2-3,6-12H2,1H3,(H,18,19). The van der Waals surface area contributed by atoms with E-state index in [0.29, 0.717) is 16.3 Å². The van der Waals surface area contributed by atoms with Crippen LogP contribution in [0.1, 0.15) is 32.6 Å². The second-order valence-corrected chi connectivity index (χ2v) is 10.4. The highest BCUT2D eigenvalue weighted by Gasteiger charge is 2.43. The summed E-state index contributed by atoms with van der Waals surface area (Å²) in [6, 6.07) is 3.11. The molecule has 9 heteroatoms. The summed E-state index contributed by atoms with van der Waals surface area (Å²) in [7, 11) is -3.50. The molecule has 2 aliphatic rings. The normalized spacial score (nSPS) is 20.1. The van der Waals surface area contributed by atoms with Crippen molar-refractivity contribution in [3.05, 3.63) is 16.5 Å².